The number of carbonyl (C=O) groups is 1. The maximum absolute atomic E-state index is 12.6. The fraction of sp³-hybridized carbons (Fsp3) is 0.576. The summed E-state index contributed by atoms with van der Waals surface area (Å²) in [5, 5.41) is 9.56. The van der Waals surface area contributed by atoms with Crippen LogP contribution in [0.5, 0.6) is 6.01 Å². The number of anilines is 3. The van der Waals surface area contributed by atoms with Gasteiger partial charge in [0, 0.05) is 75.7 Å². The molecule has 5 heterocycles. The maximum Gasteiger partial charge on any atom is 0.318 e. The highest BCUT2D eigenvalue weighted by Gasteiger charge is 2.33. The normalized spacial score (nSPS) is 22.4. The minimum atomic E-state index is -0.221. The van der Waals surface area contributed by atoms with Crippen molar-refractivity contribution in [3.05, 3.63) is 47.7 Å². The topological polar surface area (TPSA) is 92.1 Å². The van der Waals surface area contributed by atoms with Crippen LogP contribution in [0.2, 0.25) is 0 Å². The summed E-state index contributed by atoms with van der Waals surface area (Å²) in [6, 6.07) is 9.57. The van der Waals surface area contributed by atoms with Gasteiger partial charge in [0.2, 0.25) is 5.91 Å². The molecule has 0 spiro atoms. The summed E-state index contributed by atoms with van der Waals surface area (Å²) in [7, 11) is 4.34. The fourth-order valence-corrected chi connectivity index (χ4v) is 7.31. The minimum Gasteiger partial charge on any atom is -0.462 e. The standard InChI is InChI=1S/C33H44N8O2/c1-4-31(42)41-21-20-40(22-24(41)12-15-34)32-26-13-18-39(30-11-5-10-29-27(30)9-7-17-38(29)3)19-14-28(26)35-33(36-32)43-23-25-8-6-16-37(25)2/h4-5,10-11,24-25H,1,6-9,12-14,16-23H2,2-3H3/t24-,25-/m0/s1. The van der Waals surface area contributed by atoms with Crippen molar-refractivity contribution >= 4 is 23.1 Å². The number of hydrogen-bond donors (Lipinski definition) is 0. The quantitative estimate of drug-likeness (QED) is 0.456. The first-order valence-electron chi connectivity index (χ1n) is 15.8. The van der Waals surface area contributed by atoms with Crippen molar-refractivity contribution in [1.29, 1.82) is 5.26 Å². The van der Waals surface area contributed by atoms with E-state index in [4.69, 9.17) is 14.7 Å². The lowest BCUT2D eigenvalue weighted by Crippen LogP contribution is -2.55. The number of hydrogen-bond acceptors (Lipinski definition) is 9. The molecule has 10 heteroatoms. The summed E-state index contributed by atoms with van der Waals surface area (Å²) in [5.74, 6) is 0.767. The molecule has 228 valence electrons. The fourth-order valence-electron chi connectivity index (χ4n) is 7.31. The van der Waals surface area contributed by atoms with Crippen LogP contribution in [-0.2, 0) is 24.1 Å². The van der Waals surface area contributed by atoms with Crippen LogP contribution in [0.15, 0.2) is 30.9 Å². The summed E-state index contributed by atoms with van der Waals surface area (Å²) in [6.45, 7) is 9.90. The van der Waals surface area contributed by atoms with Gasteiger partial charge in [-0.1, -0.05) is 12.6 Å². The molecule has 4 aliphatic heterocycles. The van der Waals surface area contributed by atoms with Crippen LogP contribution >= 0.6 is 0 Å². The van der Waals surface area contributed by atoms with Crippen LogP contribution < -0.4 is 19.4 Å². The molecule has 2 aromatic rings. The number of likely N-dealkylation sites (N-methyl/N-ethyl adjacent to an activating group) is 1. The third kappa shape index (κ3) is 6.00. The second kappa shape index (κ2) is 12.8. The van der Waals surface area contributed by atoms with E-state index in [1.807, 2.05) is 0 Å². The molecule has 43 heavy (non-hydrogen) atoms. The van der Waals surface area contributed by atoms with Crippen molar-refractivity contribution in [2.45, 2.75) is 57.0 Å². The van der Waals surface area contributed by atoms with Gasteiger partial charge in [-0.05, 0) is 69.5 Å². The molecule has 0 N–H and O–H groups in total. The van der Waals surface area contributed by atoms with E-state index in [0.717, 1.165) is 68.9 Å². The Morgan fingerprint density at radius 2 is 1.84 bits per heavy atom. The highest BCUT2D eigenvalue weighted by Crippen LogP contribution is 2.36. The van der Waals surface area contributed by atoms with E-state index in [1.165, 1.54) is 35.9 Å². The summed E-state index contributed by atoms with van der Waals surface area (Å²) in [6.07, 6.45) is 7.82. The SMILES string of the molecule is C=CC(=O)N1CCN(c2nc(OC[C@@H]3CCCN3C)nc3c2CCN(c2cccc4c2CCCN4C)CC3)C[C@@H]1CC#N. The molecule has 4 aliphatic rings. The number of carbonyl (C=O) groups excluding carboxylic acids is 1. The third-order valence-electron chi connectivity index (χ3n) is 9.74. The van der Waals surface area contributed by atoms with Gasteiger partial charge in [-0.3, -0.25) is 4.79 Å². The monoisotopic (exact) mass is 584 g/mol. The molecule has 10 nitrogen and oxygen atoms in total. The number of piperazine rings is 1. The van der Waals surface area contributed by atoms with Gasteiger partial charge in [-0.2, -0.15) is 15.2 Å². The first kappa shape index (κ1) is 29.2. The van der Waals surface area contributed by atoms with E-state index in [9.17, 15) is 10.1 Å². The van der Waals surface area contributed by atoms with E-state index in [0.29, 0.717) is 38.3 Å². The van der Waals surface area contributed by atoms with Gasteiger partial charge in [0.05, 0.1) is 24.2 Å². The second-order valence-electron chi connectivity index (χ2n) is 12.3. The molecule has 2 atom stereocenters. The molecule has 0 bridgehead atoms. The number of amides is 1. The Morgan fingerprint density at radius 1 is 1.00 bits per heavy atom. The Bertz CT molecular complexity index is 1390. The average Bonchev–Trinajstić information content (AvgIpc) is 3.32. The largest absolute Gasteiger partial charge is 0.462 e. The summed E-state index contributed by atoms with van der Waals surface area (Å²) in [5.41, 5.74) is 6.33. The first-order valence-corrected chi connectivity index (χ1v) is 15.8. The lowest BCUT2D eigenvalue weighted by Gasteiger charge is -2.41. The Kier molecular flexibility index (Phi) is 8.70. The molecule has 6 rings (SSSR count). The van der Waals surface area contributed by atoms with Gasteiger partial charge in [-0.25, -0.2) is 0 Å². The molecule has 2 fully saturated rings. The first-order chi connectivity index (χ1) is 21.0. The van der Waals surface area contributed by atoms with Crippen LogP contribution in [0.1, 0.15) is 42.5 Å². The van der Waals surface area contributed by atoms with Crippen molar-refractivity contribution in [1.82, 2.24) is 19.8 Å². The number of benzene rings is 1. The Hall–Kier alpha value is -3.84. The molecular weight excluding hydrogens is 540 g/mol. The minimum absolute atomic E-state index is 0.126. The van der Waals surface area contributed by atoms with Crippen LogP contribution in [0.3, 0.4) is 0 Å². The summed E-state index contributed by atoms with van der Waals surface area (Å²) >= 11 is 0. The van der Waals surface area contributed by atoms with E-state index in [2.05, 4.69) is 64.5 Å². The van der Waals surface area contributed by atoms with E-state index >= 15 is 0 Å². The van der Waals surface area contributed by atoms with E-state index in [1.54, 1.807) is 4.90 Å². The van der Waals surface area contributed by atoms with Crippen molar-refractivity contribution in [3.8, 4) is 12.1 Å². The molecule has 1 aromatic carbocycles. The van der Waals surface area contributed by atoms with Crippen molar-refractivity contribution in [3.63, 3.8) is 0 Å². The number of aromatic nitrogens is 2. The van der Waals surface area contributed by atoms with Gasteiger partial charge >= 0.3 is 6.01 Å². The highest BCUT2D eigenvalue weighted by molar-refractivity contribution is 5.87. The van der Waals surface area contributed by atoms with Gasteiger partial charge in [0.1, 0.15) is 12.4 Å². The molecule has 1 aromatic heterocycles. The van der Waals surface area contributed by atoms with Gasteiger partial charge in [0.15, 0.2) is 0 Å². The Labute approximate surface area is 255 Å². The zero-order valence-corrected chi connectivity index (χ0v) is 25.7. The summed E-state index contributed by atoms with van der Waals surface area (Å²) in [4.78, 5) is 33.9. The number of nitriles is 1. The molecular formula is C33H44N8O2. The van der Waals surface area contributed by atoms with Crippen LogP contribution in [0.4, 0.5) is 17.2 Å². The van der Waals surface area contributed by atoms with Gasteiger partial charge in [0.25, 0.3) is 0 Å². The lowest BCUT2D eigenvalue weighted by molar-refractivity contribution is -0.128. The van der Waals surface area contributed by atoms with Crippen molar-refractivity contribution < 1.29 is 9.53 Å². The molecule has 0 radical (unpaired) electrons. The number of fused-ring (bicyclic) bond motifs is 2. The zero-order chi connectivity index (χ0) is 29.9. The highest BCUT2D eigenvalue weighted by atomic mass is 16.5. The van der Waals surface area contributed by atoms with Crippen LogP contribution in [0.25, 0.3) is 0 Å². The number of ether oxygens (including phenoxy) is 1. The van der Waals surface area contributed by atoms with Gasteiger partial charge < -0.3 is 29.2 Å². The molecule has 1 amide bonds. The predicted molar refractivity (Wildman–Crippen MR) is 169 cm³/mol. The van der Waals surface area contributed by atoms with Crippen LogP contribution in [0, 0.1) is 11.3 Å². The Balaban J connectivity index is 1.30. The summed E-state index contributed by atoms with van der Waals surface area (Å²) < 4.78 is 6.31. The lowest BCUT2D eigenvalue weighted by atomic mass is 9.99. The third-order valence-corrected chi connectivity index (χ3v) is 9.74. The van der Waals surface area contributed by atoms with Crippen molar-refractivity contribution in [2.24, 2.45) is 0 Å². The second-order valence-corrected chi connectivity index (χ2v) is 12.3. The smallest absolute Gasteiger partial charge is 0.318 e. The van der Waals surface area contributed by atoms with Crippen LogP contribution in [-0.4, -0.2) is 104 Å². The van der Waals surface area contributed by atoms with Gasteiger partial charge in [-0.15, -0.1) is 0 Å². The van der Waals surface area contributed by atoms with Crippen molar-refractivity contribution in [2.75, 3.05) is 81.2 Å². The molecule has 2 saturated heterocycles. The molecule has 0 saturated carbocycles. The number of nitrogens with zero attached hydrogens (tertiary/aromatic N) is 8. The maximum atomic E-state index is 12.6. The number of likely N-dealkylation sites (tertiary alicyclic amines) is 1. The van der Waals surface area contributed by atoms with E-state index < -0.39 is 0 Å². The molecule has 0 unspecified atom stereocenters. The Morgan fingerprint density at radius 3 is 2.63 bits per heavy atom. The number of rotatable bonds is 7. The molecule has 0 aliphatic carbocycles. The average molecular weight is 585 g/mol. The zero-order valence-electron chi connectivity index (χ0n) is 25.7. The predicted octanol–water partition coefficient (Wildman–Crippen LogP) is 3.05. The van der Waals surface area contributed by atoms with E-state index in [-0.39, 0.29) is 18.4 Å².